The Hall–Kier alpha value is -2.59. The van der Waals surface area contributed by atoms with Gasteiger partial charge < -0.3 is 14.9 Å². The largest absolute Gasteiger partial charge is 0.416 e. The number of hydrogen-bond donors (Lipinski definition) is 1. The van der Waals surface area contributed by atoms with E-state index in [9.17, 15) is 27.5 Å². The highest BCUT2D eigenvalue weighted by molar-refractivity contribution is 5.93. The molecule has 1 amide bonds. The molecule has 1 aromatic carbocycles. The number of likely N-dealkylation sites (tertiary alicyclic amines) is 2. The van der Waals surface area contributed by atoms with Gasteiger partial charge in [-0.15, -0.1) is 0 Å². The molecule has 3 heterocycles. The first-order valence-corrected chi connectivity index (χ1v) is 12.0. The van der Waals surface area contributed by atoms with Gasteiger partial charge in [-0.05, 0) is 69.2 Å². The van der Waals surface area contributed by atoms with Gasteiger partial charge in [0.2, 0.25) is 0 Å². The average molecular weight is 495 g/mol. The van der Waals surface area contributed by atoms with Gasteiger partial charge in [-0.2, -0.15) is 13.2 Å². The molecule has 35 heavy (non-hydrogen) atoms. The van der Waals surface area contributed by atoms with Crippen molar-refractivity contribution in [3.8, 4) is 0 Å². The minimum absolute atomic E-state index is 0.155. The fraction of sp³-hybridized carbons (Fsp3) is 0.560. The molecule has 0 saturated carbocycles. The molecule has 1 N–H and O–H groups in total. The Labute approximate surface area is 202 Å². The van der Waals surface area contributed by atoms with Crippen LogP contribution in [0.3, 0.4) is 0 Å². The maximum atomic E-state index is 13.7. The van der Waals surface area contributed by atoms with Gasteiger partial charge in [0.05, 0.1) is 11.7 Å². The van der Waals surface area contributed by atoms with E-state index in [0.717, 1.165) is 50.9 Å². The molecule has 2 aliphatic rings. The summed E-state index contributed by atoms with van der Waals surface area (Å²) >= 11 is 0. The maximum Gasteiger partial charge on any atom is 0.416 e. The molecule has 2 fully saturated rings. The fourth-order valence-corrected chi connectivity index (χ4v) is 5.01. The number of carbonyl (C=O) groups is 1. The van der Waals surface area contributed by atoms with Crippen molar-refractivity contribution < 1.29 is 27.5 Å². The van der Waals surface area contributed by atoms with Crippen molar-refractivity contribution in [2.45, 2.75) is 63.8 Å². The third-order valence-electron chi connectivity index (χ3n) is 7.09. The molecular weight excluding hydrogens is 464 g/mol. The molecule has 6 nitrogen and oxygen atoms in total. The first-order chi connectivity index (χ1) is 16.6. The molecule has 1 aromatic heterocycles. The van der Waals surface area contributed by atoms with E-state index in [0.29, 0.717) is 42.1 Å². The molecule has 2 saturated heterocycles. The minimum Gasteiger partial charge on any atom is -0.393 e. The summed E-state index contributed by atoms with van der Waals surface area (Å²) in [4.78, 5) is 25.8. The van der Waals surface area contributed by atoms with Crippen LogP contribution in [0, 0.1) is 12.7 Å². The molecule has 0 bridgehead atoms. The van der Waals surface area contributed by atoms with E-state index < -0.39 is 17.6 Å². The molecule has 10 heteroatoms. The monoisotopic (exact) mass is 494 g/mol. The van der Waals surface area contributed by atoms with E-state index in [4.69, 9.17) is 0 Å². The summed E-state index contributed by atoms with van der Waals surface area (Å²) in [7, 11) is 0. The average Bonchev–Trinajstić information content (AvgIpc) is 2.83. The summed E-state index contributed by atoms with van der Waals surface area (Å²) in [6.07, 6.45) is 0.179. The van der Waals surface area contributed by atoms with Crippen LogP contribution in [0.15, 0.2) is 24.5 Å². The van der Waals surface area contributed by atoms with Crippen LogP contribution in [0.25, 0.3) is 0 Å². The van der Waals surface area contributed by atoms with Gasteiger partial charge >= 0.3 is 6.18 Å². The molecule has 0 spiro atoms. The van der Waals surface area contributed by atoms with Crippen LogP contribution in [0.2, 0.25) is 0 Å². The van der Waals surface area contributed by atoms with E-state index in [1.807, 2.05) is 0 Å². The van der Waals surface area contributed by atoms with E-state index in [1.54, 1.807) is 11.8 Å². The van der Waals surface area contributed by atoms with Crippen molar-refractivity contribution in [2.75, 3.05) is 26.2 Å². The Morgan fingerprint density at radius 3 is 2.37 bits per heavy atom. The quantitative estimate of drug-likeness (QED) is 0.641. The number of aliphatic hydroxyl groups is 1. The Morgan fingerprint density at radius 2 is 1.71 bits per heavy atom. The summed E-state index contributed by atoms with van der Waals surface area (Å²) in [6, 6.07) is 2.92. The van der Waals surface area contributed by atoms with E-state index >= 15 is 0 Å². The number of alkyl halides is 3. The molecule has 2 aromatic rings. The SMILES string of the molecule is Cc1c(CCc2cc(F)cc(C(F)(F)F)c2)ncnc1C(=O)N1CCC(N2CCC(O)CC2)CC1. The predicted molar refractivity (Wildman–Crippen MR) is 121 cm³/mol. The molecule has 0 atom stereocenters. The van der Waals surface area contributed by atoms with Crippen molar-refractivity contribution in [2.24, 2.45) is 0 Å². The zero-order chi connectivity index (χ0) is 25.2. The summed E-state index contributed by atoms with van der Waals surface area (Å²) in [5.74, 6) is -1.11. The number of aromatic nitrogens is 2. The number of carbonyl (C=O) groups excluding carboxylic acids is 1. The number of rotatable bonds is 5. The van der Waals surface area contributed by atoms with Gasteiger partial charge in [0.1, 0.15) is 17.8 Å². The number of benzene rings is 1. The third-order valence-corrected chi connectivity index (χ3v) is 7.09. The van der Waals surface area contributed by atoms with Gasteiger partial charge in [-0.1, -0.05) is 0 Å². The standard InChI is InChI=1S/C25H30F4N4O2/c1-16-22(3-2-17-12-18(25(27,28)29)14-19(26)13-17)30-15-31-23(16)24(35)33-8-4-20(5-9-33)32-10-6-21(34)7-11-32/h12-15,20-21,34H,2-11H2,1H3. The van der Waals surface area contributed by atoms with Gasteiger partial charge in [-0.25, -0.2) is 14.4 Å². The molecule has 190 valence electrons. The van der Waals surface area contributed by atoms with Crippen LogP contribution in [-0.4, -0.2) is 69.1 Å². The molecule has 0 radical (unpaired) electrons. The van der Waals surface area contributed by atoms with Gasteiger partial charge in [0, 0.05) is 43.5 Å². The van der Waals surface area contributed by atoms with Crippen LogP contribution in [0.1, 0.15) is 58.6 Å². The van der Waals surface area contributed by atoms with Crippen molar-refractivity contribution in [1.82, 2.24) is 19.8 Å². The van der Waals surface area contributed by atoms with Crippen LogP contribution in [-0.2, 0) is 19.0 Å². The van der Waals surface area contributed by atoms with Gasteiger partial charge in [0.25, 0.3) is 5.91 Å². The first-order valence-electron chi connectivity index (χ1n) is 12.0. The predicted octanol–water partition coefficient (Wildman–Crippen LogP) is 3.79. The number of aryl methyl sites for hydroxylation is 2. The fourth-order valence-electron chi connectivity index (χ4n) is 5.01. The van der Waals surface area contributed by atoms with Gasteiger partial charge in [-0.3, -0.25) is 4.79 Å². The van der Waals surface area contributed by atoms with Crippen molar-refractivity contribution in [3.63, 3.8) is 0 Å². The second-order valence-electron chi connectivity index (χ2n) is 9.43. The summed E-state index contributed by atoms with van der Waals surface area (Å²) in [6.45, 7) is 4.73. The zero-order valence-electron chi connectivity index (χ0n) is 19.7. The Kier molecular flexibility index (Phi) is 7.70. The Morgan fingerprint density at radius 1 is 1.03 bits per heavy atom. The molecular formula is C25H30F4N4O2. The summed E-state index contributed by atoms with van der Waals surface area (Å²) < 4.78 is 52.7. The number of amides is 1. The summed E-state index contributed by atoms with van der Waals surface area (Å²) in [5.41, 5.74) is 0.646. The summed E-state index contributed by atoms with van der Waals surface area (Å²) in [5, 5.41) is 9.72. The second-order valence-corrected chi connectivity index (χ2v) is 9.43. The van der Waals surface area contributed by atoms with Crippen molar-refractivity contribution in [1.29, 1.82) is 0 Å². The van der Waals surface area contributed by atoms with Crippen molar-refractivity contribution in [3.05, 3.63) is 58.4 Å². The smallest absolute Gasteiger partial charge is 0.393 e. The zero-order valence-corrected chi connectivity index (χ0v) is 19.7. The van der Waals surface area contributed by atoms with Crippen LogP contribution in [0.4, 0.5) is 17.6 Å². The van der Waals surface area contributed by atoms with E-state index in [2.05, 4.69) is 14.9 Å². The van der Waals surface area contributed by atoms with Crippen LogP contribution in [0.5, 0.6) is 0 Å². The number of nitrogens with zero attached hydrogens (tertiary/aromatic N) is 4. The second kappa shape index (κ2) is 10.6. The highest BCUT2D eigenvalue weighted by atomic mass is 19.4. The van der Waals surface area contributed by atoms with E-state index in [1.165, 1.54) is 6.33 Å². The number of halogens is 4. The third kappa shape index (κ3) is 6.16. The normalized spacial score (nSPS) is 18.7. The number of aliphatic hydroxyl groups excluding tert-OH is 1. The lowest BCUT2D eigenvalue weighted by Gasteiger charge is -2.41. The Balaban J connectivity index is 1.39. The minimum atomic E-state index is -4.62. The highest BCUT2D eigenvalue weighted by Crippen LogP contribution is 2.31. The van der Waals surface area contributed by atoms with E-state index in [-0.39, 0.29) is 30.4 Å². The number of piperidine rings is 2. The van der Waals surface area contributed by atoms with Crippen molar-refractivity contribution >= 4 is 5.91 Å². The lowest BCUT2D eigenvalue weighted by Crippen LogP contribution is -2.49. The molecule has 2 aliphatic heterocycles. The molecule has 4 rings (SSSR count). The first kappa shape index (κ1) is 25.5. The van der Waals surface area contributed by atoms with Gasteiger partial charge in [0.15, 0.2) is 0 Å². The van der Waals surface area contributed by atoms with Crippen LogP contribution >= 0.6 is 0 Å². The lowest BCUT2D eigenvalue weighted by molar-refractivity contribution is -0.137. The topological polar surface area (TPSA) is 69.6 Å². The maximum absolute atomic E-state index is 13.7. The molecule has 0 unspecified atom stereocenters. The lowest BCUT2D eigenvalue weighted by atomic mass is 9.98. The number of hydrogen-bond acceptors (Lipinski definition) is 5. The van der Waals surface area contributed by atoms with Crippen LogP contribution < -0.4 is 0 Å². The Bertz CT molecular complexity index is 1050. The molecule has 0 aliphatic carbocycles. The highest BCUT2D eigenvalue weighted by Gasteiger charge is 2.32.